The molecule has 1 saturated heterocycles. The third-order valence-corrected chi connectivity index (χ3v) is 6.65. The molecule has 8 heteroatoms. The van der Waals surface area contributed by atoms with Crippen molar-refractivity contribution in [3.63, 3.8) is 0 Å². The first kappa shape index (κ1) is 20.8. The van der Waals surface area contributed by atoms with Crippen LogP contribution < -0.4 is 20.5 Å². The molecule has 0 spiro atoms. The van der Waals surface area contributed by atoms with E-state index in [4.69, 9.17) is 15.2 Å². The summed E-state index contributed by atoms with van der Waals surface area (Å²) in [6, 6.07) is 10.7. The van der Waals surface area contributed by atoms with Crippen LogP contribution in [0.3, 0.4) is 0 Å². The number of hydrogen-bond donors (Lipinski definition) is 2. The summed E-state index contributed by atoms with van der Waals surface area (Å²) in [4.78, 5) is 6.62. The molecule has 2 aromatic rings. The highest BCUT2D eigenvalue weighted by molar-refractivity contribution is 6.09. The third-order valence-electron chi connectivity index (χ3n) is 6.65. The number of aromatic nitrogens is 2. The zero-order chi connectivity index (χ0) is 22.1. The van der Waals surface area contributed by atoms with Crippen molar-refractivity contribution >= 4 is 17.6 Å². The van der Waals surface area contributed by atoms with Gasteiger partial charge in [-0.25, -0.2) is 0 Å². The molecule has 32 heavy (non-hydrogen) atoms. The first-order chi connectivity index (χ1) is 15.6. The van der Waals surface area contributed by atoms with Gasteiger partial charge in [-0.05, 0) is 61.4 Å². The average Bonchev–Trinajstić information content (AvgIpc) is 3.47. The number of anilines is 1. The second kappa shape index (κ2) is 8.78. The van der Waals surface area contributed by atoms with E-state index in [1.165, 1.54) is 18.4 Å². The van der Waals surface area contributed by atoms with Crippen LogP contribution in [0, 0.1) is 11.8 Å². The standard InChI is InChI=1S/C24H30N6O2/c1-15(25)20(10-26-2)21-4-6-24(29-28-21)27-19-8-17-12-30(13-18(17)9-19)11-16-3-5-22-23(7-16)32-14-31-22/h3-7,10,17-19H,8-9,11-14,25H2,1-2H3,(H,27,29). The van der Waals surface area contributed by atoms with Gasteiger partial charge in [0, 0.05) is 50.2 Å². The van der Waals surface area contributed by atoms with E-state index in [1.54, 1.807) is 13.3 Å². The molecule has 0 amide bonds. The van der Waals surface area contributed by atoms with Gasteiger partial charge >= 0.3 is 0 Å². The van der Waals surface area contributed by atoms with Gasteiger partial charge < -0.3 is 20.5 Å². The van der Waals surface area contributed by atoms with E-state index in [-0.39, 0.29) is 0 Å². The summed E-state index contributed by atoms with van der Waals surface area (Å²) in [7, 11) is 1.72. The molecule has 1 aliphatic carbocycles. The number of ether oxygens (including phenoxy) is 2. The summed E-state index contributed by atoms with van der Waals surface area (Å²) in [5, 5.41) is 12.3. The number of rotatable bonds is 6. The van der Waals surface area contributed by atoms with E-state index in [0.717, 1.165) is 60.1 Å². The Morgan fingerprint density at radius 1 is 1.16 bits per heavy atom. The van der Waals surface area contributed by atoms with Crippen LogP contribution in [-0.2, 0) is 6.54 Å². The predicted octanol–water partition coefficient (Wildman–Crippen LogP) is 2.92. The highest BCUT2D eigenvalue weighted by atomic mass is 16.7. The Kier molecular flexibility index (Phi) is 5.70. The molecule has 2 fully saturated rings. The lowest BCUT2D eigenvalue weighted by atomic mass is 10.0. The zero-order valence-corrected chi connectivity index (χ0v) is 18.6. The predicted molar refractivity (Wildman–Crippen MR) is 125 cm³/mol. The molecule has 2 unspecified atom stereocenters. The van der Waals surface area contributed by atoms with E-state index in [1.807, 2.05) is 25.1 Å². The minimum Gasteiger partial charge on any atom is -0.454 e. The van der Waals surface area contributed by atoms with Crippen molar-refractivity contribution in [3.05, 3.63) is 47.3 Å². The highest BCUT2D eigenvalue weighted by Gasteiger charge is 2.40. The number of allylic oxidation sites excluding steroid dienone is 2. The van der Waals surface area contributed by atoms with Crippen LogP contribution in [0.2, 0.25) is 0 Å². The van der Waals surface area contributed by atoms with Gasteiger partial charge in [0.1, 0.15) is 5.82 Å². The van der Waals surface area contributed by atoms with E-state index >= 15 is 0 Å². The van der Waals surface area contributed by atoms with Crippen molar-refractivity contribution in [2.45, 2.75) is 32.4 Å². The maximum Gasteiger partial charge on any atom is 0.231 e. The normalized spacial score (nSPS) is 25.2. The molecule has 1 aromatic heterocycles. The van der Waals surface area contributed by atoms with Gasteiger partial charge in [-0.15, -0.1) is 10.2 Å². The molecule has 0 bridgehead atoms. The number of nitrogens with one attached hydrogen (secondary N) is 1. The van der Waals surface area contributed by atoms with Crippen molar-refractivity contribution < 1.29 is 9.47 Å². The van der Waals surface area contributed by atoms with Gasteiger partial charge in [0.15, 0.2) is 11.5 Å². The van der Waals surface area contributed by atoms with Crippen LogP contribution in [0.15, 0.2) is 41.0 Å². The number of likely N-dealkylation sites (tertiary alicyclic amines) is 1. The summed E-state index contributed by atoms with van der Waals surface area (Å²) in [6.45, 7) is 5.42. The number of nitrogens with two attached hydrogens (primary N) is 1. The van der Waals surface area contributed by atoms with E-state index in [0.29, 0.717) is 18.5 Å². The second-order valence-corrected chi connectivity index (χ2v) is 9.00. The van der Waals surface area contributed by atoms with Gasteiger partial charge in [0.2, 0.25) is 6.79 Å². The summed E-state index contributed by atoms with van der Waals surface area (Å²) in [6.07, 6.45) is 4.06. The Labute approximate surface area is 188 Å². The number of benzene rings is 1. The van der Waals surface area contributed by atoms with Crippen LogP contribution in [0.4, 0.5) is 5.82 Å². The molecule has 2 atom stereocenters. The maximum absolute atomic E-state index is 5.95. The maximum atomic E-state index is 5.95. The molecule has 3 aliphatic rings. The first-order valence-corrected chi connectivity index (χ1v) is 11.2. The fourth-order valence-corrected chi connectivity index (χ4v) is 5.20. The molecule has 8 nitrogen and oxygen atoms in total. The molecule has 2 aliphatic heterocycles. The van der Waals surface area contributed by atoms with E-state index in [2.05, 4.69) is 37.5 Å². The van der Waals surface area contributed by atoms with Crippen LogP contribution in [0.1, 0.15) is 31.0 Å². The van der Waals surface area contributed by atoms with E-state index < -0.39 is 0 Å². The second-order valence-electron chi connectivity index (χ2n) is 9.00. The van der Waals surface area contributed by atoms with Gasteiger partial charge in [-0.3, -0.25) is 9.89 Å². The third kappa shape index (κ3) is 4.27. The molecule has 3 N–H and O–H groups in total. The molecule has 1 aromatic carbocycles. The van der Waals surface area contributed by atoms with Crippen LogP contribution in [-0.4, -0.2) is 54.3 Å². The summed E-state index contributed by atoms with van der Waals surface area (Å²) >= 11 is 0. The molecule has 168 valence electrons. The Bertz CT molecular complexity index is 1020. The minimum absolute atomic E-state index is 0.325. The fourth-order valence-electron chi connectivity index (χ4n) is 5.20. The lowest BCUT2D eigenvalue weighted by molar-refractivity contribution is 0.174. The highest BCUT2D eigenvalue weighted by Crippen LogP contribution is 2.40. The largest absolute Gasteiger partial charge is 0.454 e. The van der Waals surface area contributed by atoms with Crippen molar-refractivity contribution in [2.24, 2.45) is 22.6 Å². The SMILES string of the molecule is CN=CC(=C(C)N)c1ccc(NC2CC3CN(Cc4ccc5c(c4)OCO5)CC3C2)nn1. The van der Waals surface area contributed by atoms with Gasteiger partial charge in [0.25, 0.3) is 0 Å². The van der Waals surface area contributed by atoms with E-state index in [9.17, 15) is 0 Å². The van der Waals surface area contributed by atoms with Crippen molar-refractivity contribution in [3.8, 4) is 11.5 Å². The van der Waals surface area contributed by atoms with Gasteiger partial charge in [-0.2, -0.15) is 0 Å². The van der Waals surface area contributed by atoms with Crippen LogP contribution in [0.25, 0.3) is 5.57 Å². The van der Waals surface area contributed by atoms with Crippen LogP contribution >= 0.6 is 0 Å². The Morgan fingerprint density at radius 2 is 1.94 bits per heavy atom. The lowest BCUT2D eigenvalue weighted by Gasteiger charge is -2.20. The Morgan fingerprint density at radius 3 is 2.62 bits per heavy atom. The summed E-state index contributed by atoms with van der Waals surface area (Å²) in [5.41, 5.74) is 9.46. The van der Waals surface area contributed by atoms with Crippen LogP contribution in [0.5, 0.6) is 11.5 Å². The van der Waals surface area contributed by atoms with Gasteiger partial charge in [-0.1, -0.05) is 6.07 Å². The number of fused-ring (bicyclic) bond motifs is 2. The molecular formula is C24H30N6O2. The topological polar surface area (TPSA) is 97.9 Å². The molecular weight excluding hydrogens is 404 g/mol. The number of aliphatic imine (C=N–C) groups is 1. The van der Waals surface area contributed by atoms with Crippen molar-refractivity contribution in [2.75, 3.05) is 32.2 Å². The molecule has 5 rings (SSSR count). The first-order valence-electron chi connectivity index (χ1n) is 11.2. The fraction of sp³-hybridized carbons (Fsp3) is 0.458. The lowest BCUT2D eigenvalue weighted by Crippen LogP contribution is -2.25. The molecule has 1 saturated carbocycles. The monoisotopic (exact) mass is 434 g/mol. The Hall–Kier alpha value is -3.13. The molecule has 0 radical (unpaired) electrons. The van der Waals surface area contributed by atoms with Gasteiger partial charge in [0.05, 0.1) is 5.69 Å². The quantitative estimate of drug-likeness (QED) is 0.675. The Balaban J connectivity index is 1.14. The smallest absolute Gasteiger partial charge is 0.231 e. The summed E-state index contributed by atoms with van der Waals surface area (Å²) < 4.78 is 10.9. The van der Waals surface area contributed by atoms with Crippen molar-refractivity contribution in [1.82, 2.24) is 15.1 Å². The summed E-state index contributed by atoms with van der Waals surface area (Å²) in [5.74, 6) is 3.98. The molecule has 3 heterocycles. The number of nitrogens with zero attached hydrogens (tertiary/aromatic N) is 4. The zero-order valence-electron chi connectivity index (χ0n) is 18.6. The number of hydrogen-bond acceptors (Lipinski definition) is 8. The minimum atomic E-state index is 0.325. The van der Waals surface area contributed by atoms with Crippen molar-refractivity contribution in [1.29, 1.82) is 0 Å². The average molecular weight is 435 g/mol.